The van der Waals surface area contributed by atoms with E-state index in [9.17, 15) is 18.0 Å². The van der Waals surface area contributed by atoms with Gasteiger partial charge in [0.25, 0.3) is 0 Å². The molecule has 0 radical (unpaired) electrons. The van der Waals surface area contributed by atoms with E-state index in [1.165, 1.54) is 6.07 Å². The Morgan fingerprint density at radius 1 is 1.05 bits per heavy atom. The number of benzene rings is 2. The molecule has 0 saturated heterocycles. The van der Waals surface area contributed by atoms with Crippen molar-refractivity contribution in [2.45, 2.75) is 19.5 Å². The third-order valence-electron chi connectivity index (χ3n) is 3.10. The summed E-state index contributed by atoms with van der Waals surface area (Å²) in [5.41, 5.74) is 0.330. The summed E-state index contributed by atoms with van der Waals surface area (Å²) < 4.78 is 38.3. The second-order valence-corrected chi connectivity index (χ2v) is 4.42. The normalized spacial score (nSPS) is 11.4. The highest BCUT2D eigenvalue weighted by Gasteiger charge is 2.31. The lowest BCUT2D eigenvalue weighted by atomic mass is 9.95. The summed E-state index contributed by atoms with van der Waals surface area (Å²) >= 11 is 0. The summed E-state index contributed by atoms with van der Waals surface area (Å²) in [4.78, 5) is 12.3. The number of rotatable bonds is 3. The van der Waals surface area contributed by atoms with Crippen LogP contribution in [-0.2, 0) is 12.6 Å². The van der Waals surface area contributed by atoms with Crippen molar-refractivity contribution in [3.63, 3.8) is 0 Å². The SMILES string of the molecule is CCc1ccc(C(F)(F)F)cc1C(=O)c1ccccc1. The van der Waals surface area contributed by atoms with E-state index in [1.54, 1.807) is 30.3 Å². The van der Waals surface area contributed by atoms with Crippen molar-refractivity contribution in [1.29, 1.82) is 0 Å². The number of ketones is 1. The van der Waals surface area contributed by atoms with Gasteiger partial charge in [0.05, 0.1) is 5.56 Å². The molecule has 2 aromatic rings. The van der Waals surface area contributed by atoms with Gasteiger partial charge < -0.3 is 0 Å². The van der Waals surface area contributed by atoms with Gasteiger partial charge in [-0.3, -0.25) is 4.79 Å². The third kappa shape index (κ3) is 2.90. The summed E-state index contributed by atoms with van der Waals surface area (Å²) in [6.07, 6.45) is -3.94. The topological polar surface area (TPSA) is 17.1 Å². The highest BCUT2D eigenvalue weighted by Crippen LogP contribution is 2.31. The first-order valence-electron chi connectivity index (χ1n) is 6.23. The molecular formula is C16H13F3O. The lowest BCUT2D eigenvalue weighted by Gasteiger charge is -2.12. The number of hydrogen-bond donors (Lipinski definition) is 0. The van der Waals surface area contributed by atoms with Crippen LogP contribution in [-0.4, -0.2) is 5.78 Å². The molecule has 2 rings (SSSR count). The second kappa shape index (κ2) is 5.49. The molecule has 20 heavy (non-hydrogen) atoms. The van der Waals surface area contributed by atoms with Gasteiger partial charge in [-0.05, 0) is 24.1 Å². The highest BCUT2D eigenvalue weighted by molar-refractivity contribution is 6.10. The van der Waals surface area contributed by atoms with Gasteiger partial charge in [0, 0.05) is 11.1 Å². The van der Waals surface area contributed by atoms with Gasteiger partial charge in [-0.1, -0.05) is 43.3 Å². The smallest absolute Gasteiger partial charge is 0.289 e. The fourth-order valence-electron chi connectivity index (χ4n) is 2.02. The van der Waals surface area contributed by atoms with Crippen molar-refractivity contribution in [2.75, 3.05) is 0 Å². The molecule has 0 aliphatic rings. The van der Waals surface area contributed by atoms with Gasteiger partial charge >= 0.3 is 6.18 Å². The third-order valence-corrected chi connectivity index (χ3v) is 3.10. The number of alkyl halides is 3. The minimum absolute atomic E-state index is 0.119. The minimum Gasteiger partial charge on any atom is -0.289 e. The Kier molecular flexibility index (Phi) is 3.93. The fourth-order valence-corrected chi connectivity index (χ4v) is 2.02. The zero-order valence-electron chi connectivity index (χ0n) is 10.9. The quantitative estimate of drug-likeness (QED) is 0.755. The predicted molar refractivity (Wildman–Crippen MR) is 70.7 cm³/mol. The maximum atomic E-state index is 12.8. The van der Waals surface area contributed by atoms with E-state index in [0.717, 1.165) is 12.1 Å². The first-order valence-corrected chi connectivity index (χ1v) is 6.23. The van der Waals surface area contributed by atoms with Crippen LogP contribution in [0.15, 0.2) is 48.5 Å². The van der Waals surface area contributed by atoms with Gasteiger partial charge in [-0.2, -0.15) is 13.2 Å². The van der Waals surface area contributed by atoms with Crippen molar-refractivity contribution in [1.82, 2.24) is 0 Å². The van der Waals surface area contributed by atoms with E-state index in [4.69, 9.17) is 0 Å². The Labute approximate surface area is 115 Å². The molecule has 0 saturated carbocycles. The fraction of sp³-hybridized carbons (Fsp3) is 0.188. The number of hydrogen-bond acceptors (Lipinski definition) is 1. The van der Waals surface area contributed by atoms with Crippen LogP contribution >= 0.6 is 0 Å². The molecule has 1 nitrogen and oxygen atoms in total. The van der Waals surface area contributed by atoms with E-state index < -0.39 is 11.7 Å². The maximum Gasteiger partial charge on any atom is 0.416 e. The molecule has 2 aromatic carbocycles. The number of aryl methyl sites for hydroxylation is 1. The summed E-state index contributed by atoms with van der Waals surface area (Å²) in [5, 5.41) is 0. The van der Waals surface area contributed by atoms with Crippen LogP contribution in [0.25, 0.3) is 0 Å². The molecule has 0 fully saturated rings. The van der Waals surface area contributed by atoms with E-state index in [1.807, 2.05) is 6.92 Å². The summed E-state index contributed by atoms with van der Waals surface area (Å²) in [6, 6.07) is 11.7. The molecule has 0 aliphatic carbocycles. The summed E-state index contributed by atoms with van der Waals surface area (Å²) in [7, 11) is 0. The summed E-state index contributed by atoms with van der Waals surface area (Å²) in [5.74, 6) is -0.381. The Morgan fingerprint density at radius 2 is 1.70 bits per heavy atom. The van der Waals surface area contributed by atoms with Crippen molar-refractivity contribution in [3.05, 3.63) is 70.8 Å². The molecule has 0 spiro atoms. The zero-order valence-corrected chi connectivity index (χ0v) is 10.9. The van der Waals surface area contributed by atoms with Crippen LogP contribution in [0.5, 0.6) is 0 Å². The molecule has 0 bridgehead atoms. The molecule has 0 aromatic heterocycles. The molecule has 0 heterocycles. The van der Waals surface area contributed by atoms with E-state index in [-0.39, 0.29) is 11.3 Å². The molecule has 0 N–H and O–H groups in total. The standard InChI is InChI=1S/C16H13F3O/c1-2-11-8-9-13(16(17,18)19)10-14(11)15(20)12-6-4-3-5-7-12/h3-10H,2H2,1H3. The van der Waals surface area contributed by atoms with Crippen molar-refractivity contribution >= 4 is 5.78 Å². The van der Waals surface area contributed by atoms with Crippen LogP contribution in [0.3, 0.4) is 0 Å². The number of carbonyl (C=O) groups is 1. The monoisotopic (exact) mass is 278 g/mol. The van der Waals surface area contributed by atoms with Gasteiger partial charge in [-0.25, -0.2) is 0 Å². The average molecular weight is 278 g/mol. The summed E-state index contributed by atoms with van der Waals surface area (Å²) in [6.45, 7) is 1.81. The van der Waals surface area contributed by atoms with E-state index in [0.29, 0.717) is 17.5 Å². The van der Waals surface area contributed by atoms with Crippen molar-refractivity contribution in [3.8, 4) is 0 Å². The van der Waals surface area contributed by atoms with Crippen LogP contribution in [0.2, 0.25) is 0 Å². The molecule has 0 aliphatic heterocycles. The lowest BCUT2D eigenvalue weighted by Crippen LogP contribution is -2.10. The molecule has 4 heteroatoms. The Bertz CT molecular complexity index is 615. The Hall–Kier alpha value is -2.10. The van der Waals surface area contributed by atoms with Gasteiger partial charge in [0.1, 0.15) is 0 Å². The van der Waals surface area contributed by atoms with E-state index >= 15 is 0 Å². The Balaban J connectivity index is 2.52. The Morgan fingerprint density at radius 3 is 2.25 bits per heavy atom. The van der Waals surface area contributed by atoms with Gasteiger partial charge in [0.2, 0.25) is 0 Å². The van der Waals surface area contributed by atoms with Crippen molar-refractivity contribution in [2.24, 2.45) is 0 Å². The molecular weight excluding hydrogens is 265 g/mol. The second-order valence-electron chi connectivity index (χ2n) is 4.42. The van der Waals surface area contributed by atoms with Crippen LogP contribution < -0.4 is 0 Å². The lowest BCUT2D eigenvalue weighted by molar-refractivity contribution is -0.137. The number of carbonyl (C=O) groups excluding carboxylic acids is 1. The maximum absolute atomic E-state index is 12.8. The molecule has 0 unspecified atom stereocenters. The van der Waals surface area contributed by atoms with Crippen LogP contribution in [0.1, 0.15) is 34.0 Å². The van der Waals surface area contributed by atoms with Gasteiger partial charge in [-0.15, -0.1) is 0 Å². The van der Waals surface area contributed by atoms with Crippen LogP contribution in [0.4, 0.5) is 13.2 Å². The first-order chi connectivity index (χ1) is 9.43. The zero-order chi connectivity index (χ0) is 14.8. The molecule has 0 amide bonds. The van der Waals surface area contributed by atoms with Gasteiger partial charge in [0.15, 0.2) is 5.78 Å². The van der Waals surface area contributed by atoms with Crippen molar-refractivity contribution < 1.29 is 18.0 Å². The predicted octanol–water partition coefficient (Wildman–Crippen LogP) is 4.50. The van der Waals surface area contributed by atoms with E-state index in [2.05, 4.69) is 0 Å². The molecule has 0 atom stereocenters. The number of halogens is 3. The largest absolute Gasteiger partial charge is 0.416 e. The first kappa shape index (κ1) is 14.3. The average Bonchev–Trinajstić information content (AvgIpc) is 2.45. The minimum atomic E-state index is -4.45. The van der Waals surface area contributed by atoms with Crippen LogP contribution in [0, 0.1) is 0 Å². The highest BCUT2D eigenvalue weighted by atomic mass is 19.4. The molecule has 104 valence electrons.